The second kappa shape index (κ2) is 23.7. The predicted octanol–water partition coefficient (Wildman–Crippen LogP) is 7.47. The SMILES string of the molecule is C=CCCCOC(=O)/C=C/C(=O)OCCCCCCCCCCCCCCCCC. The summed E-state index contributed by atoms with van der Waals surface area (Å²) in [5, 5.41) is 0. The third kappa shape index (κ3) is 22.7. The largest absolute Gasteiger partial charge is 0.463 e. The topological polar surface area (TPSA) is 52.6 Å². The second-order valence-corrected chi connectivity index (χ2v) is 8.05. The first-order valence-corrected chi connectivity index (χ1v) is 12.3. The normalized spacial score (nSPS) is 11.0. The van der Waals surface area contributed by atoms with E-state index in [2.05, 4.69) is 13.5 Å². The number of esters is 2. The Bertz CT molecular complexity index is 442. The molecule has 0 aliphatic rings. The number of hydrogen-bond acceptors (Lipinski definition) is 4. The molecule has 0 aliphatic carbocycles. The van der Waals surface area contributed by atoms with Crippen LogP contribution < -0.4 is 0 Å². The molecule has 0 saturated carbocycles. The van der Waals surface area contributed by atoms with E-state index < -0.39 is 11.9 Å². The Morgan fingerprint density at radius 2 is 0.967 bits per heavy atom. The Morgan fingerprint density at radius 3 is 1.37 bits per heavy atom. The number of unbranched alkanes of at least 4 members (excludes halogenated alkanes) is 15. The molecule has 0 fully saturated rings. The van der Waals surface area contributed by atoms with E-state index >= 15 is 0 Å². The third-order valence-electron chi connectivity index (χ3n) is 5.14. The van der Waals surface area contributed by atoms with Crippen LogP contribution in [0.5, 0.6) is 0 Å². The molecule has 0 amide bonds. The molecule has 30 heavy (non-hydrogen) atoms. The minimum Gasteiger partial charge on any atom is -0.463 e. The number of carbonyl (C=O) groups excluding carboxylic acids is 2. The molecule has 0 unspecified atom stereocenters. The molecular weight excluding hydrogens is 376 g/mol. The van der Waals surface area contributed by atoms with Gasteiger partial charge in [0.1, 0.15) is 0 Å². The molecule has 0 atom stereocenters. The van der Waals surface area contributed by atoms with Gasteiger partial charge in [-0.05, 0) is 19.3 Å². The van der Waals surface area contributed by atoms with Gasteiger partial charge in [0.2, 0.25) is 0 Å². The van der Waals surface area contributed by atoms with E-state index in [1.807, 2.05) is 0 Å². The maximum absolute atomic E-state index is 11.5. The van der Waals surface area contributed by atoms with Crippen molar-refractivity contribution in [2.24, 2.45) is 0 Å². The van der Waals surface area contributed by atoms with Gasteiger partial charge in [0.05, 0.1) is 13.2 Å². The molecule has 0 heterocycles. The number of ether oxygens (including phenoxy) is 2. The fraction of sp³-hybridized carbons (Fsp3) is 0.769. The number of allylic oxidation sites excluding steroid dienone is 1. The van der Waals surface area contributed by atoms with Gasteiger partial charge in [0, 0.05) is 12.2 Å². The van der Waals surface area contributed by atoms with Gasteiger partial charge in [0.15, 0.2) is 0 Å². The van der Waals surface area contributed by atoms with E-state index in [1.165, 1.54) is 83.5 Å². The predicted molar refractivity (Wildman–Crippen MR) is 125 cm³/mol. The highest BCUT2D eigenvalue weighted by molar-refractivity contribution is 5.91. The van der Waals surface area contributed by atoms with Crippen molar-refractivity contribution in [2.45, 2.75) is 116 Å². The summed E-state index contributed by atoms with van der Waals surface area (Å²) < 4.78 is 10.1. The van der Waals surface area contributed by atoms with Crippen LogP contribution in [0.25, 0.3) is 0 Å². The maximum Gasteiger partial charge on any atom is 0.331 e. The summed E-state index contributed by atoms with van der Waals surface area (Å²) in [6.45, 7) is 6.62. The highest BCUT2D eigenvalue weighted by atomic mass is 16.5. The lowest BCUT2D eigenvalue weighted by atomic mass is 10.0. The van der Waals surface area contributed by atoms with Gasteiger partial charge < -0.3 is 9.47 Å². The monoisotopic (exact) mass is 422 g/mol. The van der Waals surface area contributed by atoms with Crippen LogP contribution in [0.15, 0.2) is 24.8 Å². The molecular formula is C26H46O4. The van der Waals surface area contributed by atoms with Gasteiger partial charge in [-0.15, -0.1) is 6.58 Å². The zero-order valence-electron chi connectivity index (χ0n) is 19.5. The van der Waals surface area contributed by atoms with Crippen molar-refractivity contribution in [1.29, 1.82) is 0 Å². The Morgan fingerprint density at radius 1 is 0.600 bits per heavy atom. The second-order valence-electron chi connectivity index (χ2n) is 8.05. The summed E-state index contributed by atoms with van der Waals surface area (Å²) in [5.74, 6) is -0.994. The van der Waals surface area contributed by atoms with Crippen molar-refractivity contribution in [1.82, 2.24) is 0 Å². The van der Waals surface area contributed by atoms with Crippen LogP contribution in [0, 0.1) is 0 Å². The van der Waals surface area contributed by atoms with Gasteiger partial charge in [-0.3, -0.25) is 0 Å². The quantitative estimate of drug-likeness (QED) is 0.0786. The summed E-state index contributed by atoms with van der Waals surface area (Å²) in [7, 11) is 0. The number of rotatable bonds is 22. The smallest absolute Gasteiger partial charge is 0.331 e. The molecule has 0 N–H and O–H groups in total. The molecule has 4 nitrogen and oxygen atoms in total. The molecule has 0 aromatic heterocycles. The third-order valence-corrected chi connectivity index (χ3v) is 5.14. The van der Waals surface area contributed by atoms with Crippen molar-refractivity contribution in [3.8, 4) is 0 Å². The van der Waals surface area contributed by atoms with Crippen LogP contribution in [-0.4, -0.2) is 25.2 Å². The van der Waals surface area contributed by atoms with Crippen LogP contribution in [-0.2, 0) is 19.1 Å². The molecule has 0 rings (SSSR count). The first-order valence-electron chi connectivity index (χ1n) is 12.3. The molecule has 0 spiro atoms. The Hall–Kier alpha value is -1.58. The molecule has 0 aromatic carbocycles. The average molecular weight is 423 g/mol. The van der Waals surface area contributed by atoms with Gasteiger partial charge in [-0.1, -0.05) is 103 Å². The molecule has 0 bridgehead atoms. The summed E-state index contributed by atoms with van der Waals surface area (Å²) in [5.41, 5.74) is 0. The van der Waals surface area contributed by atoms with Crippen molar-refractivity contribution in [2.75, 3.05) is 13.2 Å². The lowest BCUT2D eigenvalue weighted by Gasteiger charge is -2.04. The minimum atomic E-state index is -0.511. The number of hydrogen-bond donors (Lipinski definition) is 0. The molecule has 4 heteroatoms. The van der Waals surface area contributed by atoms with E-state index in [4.69, 9.17) is 9.47 Å². The molecule has 0 aliphatic heterocycles. The Balaban J connectivity index is 3.31. The summed E-state index contributed by atoms with van der Waals surface area (Å²) in [6, 6.07) is 0. The van der Waals surface area contributed by atoms with Gasteiger partial charge in [-0.2, -0.15) is 0 Å². The van der Waals surface area contributed by atoms with E-state index in [-0.39, 0.29) is 0 Å². The average Bonchev–Trinajstić information content (AvgIpc) is 2.75. The van der Waals surface area contributed by atoms with E-state index in [0.29, 0.717) is 13.2 Å². The standard InChI is InChI=1S/C26H46O4/c1-3-5-7-8-9-10-11-12-13-14-15-16-17-18-20-24-30-26(28)22-21-25(27)29-23-19-6-4-2/h4,21-22H,2-3,5-20,23-24H2,1H3/b22-21+. The zero-order valence-corrected chi connectivity index (χ0v) is 19.5. The fourth-order valence-corrected chi connectivity index (χ4v) is 3.28. The number of carbonyl (C=O) groups is 2. The van der Waals surface area contributed by atoms with Crippen LogP contribution >= 0.6 is 0 Å². The molecule has 0 radical (unpaired) electrons. The zero-order chi connectivity index (χ0) is 22.1. The van der Waals surface area contributed by atoms with Crippen molar-refractivity contribution < 1.29 is 19.1 Å². The lowest BCUT2D eigenvalue weighted by molar-refractivity contribution is -0.140. The van der Waals surface area contributed by atoms with Crippen molar-refractivity contribution in [3.05, 3.63) is 24.8 Å². The van der Waals surface area contributed by atoms with Crippen LogP contribution in [0.1, 0.15) is 116 Å². The highest BCUT2D eigenvalue weighted by Gasteiger charge is 2.01. The Labute approximate surface area is 185 Å². The summed E-state index contributed by atoms with van der Waals surface area (Å²) in [4.78, 5) is 22.9. The van der Waals surface area contributed by atoms with E-state index in [9.17, 15) is 9.59 Å². The van der Waals surface area contributed by atoms with Crippen LogP contribution in [0.2, 0.25) is 0 Å². The fourth-order valence-electron chi connectivity index (χ4n) is 3.28. The molecule has 0 aromatic rings. The van der Waals surface area contributed by atoms with Crippen LogP contribution in [0.3, 0.4) is 0 Å². The first kappa shape index (κ1) is 28.4. The van der Waals surface area contributed by atoms with Gasteiger partial charge >= 0.3 is 11.9 Å². The van der Waals surface area contributed by atoms with E-state index in [0.717, 1.165) is 37.8 Å². The maximum atomic E-state index is 11.5. The first-order chi connectivity index (χ1) is 14.7. The van der Waals surface area contributed by atoms with E-state index in [1.54, 1.807) is 6.08 Å². The van der Waals surface area contributed by atoms with Crippen molar-refractivity contribution >= 4 is 11.9 Å². The van der Waals surface area contributed by atoms with Crippen molar-refractivity contribution in [3.63, 3.8) is 0 Å². The van der Waals surface area contributed by atoms with Gasteiger partial charge in [0.25, 0.3) is 0 Å². The lowest BCUT2D eigenvalue weighted by Crippen LogP contribution is -2.06. The highest BCUT2D eigenvalue weighted by Crippen LogP contribution is 2.13. The summed E-state index contributed by atoms with van der Waals surface area (Å²) >= 11 is 0. The van der Waals surface area contributed by atoms with Crippen LogP contribution in [0.4, 0.5) is 0 Å². The molecule has 174 valence electrons. The molecule has 0 saturated heterocycles. The van der Waals surface area contributed by atoms with Gasteiger partial charge in [-0.25, -0.2) is 9.59 Å². The Kier molecular flexibility index (Phi) is 22.4. The summed E-state index contributed by atoms with van der Waals surface area (Å²) in [6.07, 6.45) is 25.2. The minimum absolute atomic E-state index is 0.337.